The van der Waals surface area contributed by atoms with Crippen molar-refractivity contribution in [3.05, 3.63) is 35.4 Å². The Kier molecular flexibility index (Phi) is 7.75. The van der Waals surface area contributed by atoms with Gasteiger partial charge >= 0.3 is 6.18 Å². The van der Waals surface area contributed by atoms with Crippen LogP contribution in [0.1, 0.15) is 36.4 Å². The van der Waals surface area contributed by atoms with E-state index in [4.69, 9.17) is 11.2 Å². The van der Waals surface area contributed by atoms with Gasteiger partial charge in [-0.2, -0.15) is 13.2 Å². The summed E-state index contributed by atoms with van der Waals surface area (Å²) in [5.41, 5.74) is 0.0671. The Hall–Kier alpha value is -2.08. The van der Waals surface area contributed by atoms with Crippen molar-refractivity contribution in [3.8, 4) is 12.3 Å². The minimum atomic E-state index is -4.37. The molecule has 0 aliphatic carbocycles. The summed E-state index contributed by atoms with van der Waals surface area (Å²) in [5.74, 6) is 2.54. The van der Waals surface area contributed by atoms with Crippen LogP contribution in [0.15, 0.2) is 24.3 Å². The number of amides is 1. The van der Waals surface area contributed by atoms with Crippen molar-refractivity contribution in [2.45, 2.75) is 37.5 Å². The highest BCUT2D eigenvalue weighted by molar-refractivity contribution is 5.81. The molecule has 2 atom stereocenters. The van der Waals surface area contributed by atoms with Crippen LogP contribution < -0.4 is 5.32 Å². The van der Waals surface area contributed by atoms with Crippen LogP contribution in [0.25, 0.3) is 0 Å². The van der Waals surface area contributed by atoms with E-state index in [2.05, 4.69) is 16.1 Å². The number of halogens is 3. The second-order valence-electron chi connectivity index (χ2n) is 7.72. The van der Waals surface area contributed by atoms with E-state index in [1.807, 2.05) is 4.90 Å². The van der Waals surface area contributed by atoms with E-state index in [0.717, 1.165) is 43.5 Å². The maximum absolute atomic E-state index is 12.9. The molecule has 2 aliphatic heterocycles. The van der Waals surface area contributed by atoms with Gasteiger partial charge in [-0.25, -0.2) is 0 Å². The van der Waals surface area contributed by atoms with Crippen LogP contribution in [0.4, 0.5) is 13.2 Å². The third-order valence-electron chi connectivity index (χ3n) is 5.79. The van der Waals surface area contributed by atoms with Crippen LogP contribution in [-0.2, 0) is 15.7 Å². The molecule has 0 spiro atoms. The van der Waals surface area contributed by atoms with Crippen LogP contribution in [0.2, 0.25) is 0 Å². The third kappa shape index (κ3) is 5.75. The van der Waals surface area contributed by atoms with Crippen molar-refractivity contribution in [1.82, 2.24) is 15.1 Å². The number of carbonyl (C=O) groups is 1. The first-order valence-electron chi connectivity index (χ1n) is 10.3. The molecule has 1 amide bonds. The Bertz CT molecular complexity index is 739. The Morgan fingerprint density at radius 1 is 1.20 bits per heavy atom. The molecule has 1 aromatic carbocycles. The van der Waals surface area contributed by atoms with E-state index in [0.29, 0.717) is 39.4 Å². The number of terminal acetylenes is 1. The number of alkyl halides is 3. The molecule has 0 bridgehead atoms. The van der Waals surface area contributed by atoms with Crippen LogP contribution in [0, 0.1) is 12.3 Å². The first-order chi connectivity index (χ1) is 14.4. The molecule has 30 heavy (non-hydrogen) atoms. The van der Waals surface area contributed by atoms with Crippen LogP contribution in [0.3, 0.4) is 0 Å². The van der Waals surface area contributed by atoms with Gasteiger partial charge in [0.25, 0.3) is 0 Å². The Morgan fingerprint density at radius 2 is 1.90 bits per heavy atom. The van der Waals surface area contributed by atoms with Gasteiger partial charge in [0.15, 0.2) is 0 Å². The van der Waals surface area contributed by atoms with Crippen molar-refractivity contribution < 1.29 is 22.7 Å². The number of hydrogen-bond acceptors (Lipinski definition) is 4. The molecule has 1 N–H and O–H groups in total. The summed E-state index contributed by atoms with van der Waals surface area (Å²) in [6.45, 7) is 4.00. The van der Waals surface area contributed by atoms with Gasteiger partial charge in [0.1, 0.15) is 0 Å². The van der Waals surface area contributed by atoms with Crippen molar-refractivity contribution in [3.63, 3.8) is 0 Å². The minimum absolute atomic E-state index is 0.0740. The fourth-order valence-electron chi connectivity index (χ4n) is 4.15. The average molecular weight is 423 g/mol. The van der Waals surface area contributed by atoms with E-state index < -0.39 is 11.7 Å². The molecular weight excluding hydrogens is 395 g/mol. The number of benzene rings is 1. The van der Waals surface area contributed by atoms with Gasteiger partial charge in [0, 0.05) is 19.6 Å². The Morgan fingerprint density at radius 3 is 2.53 bits per heavy atom. The maximum atomic E-state index is 12.9. The number of rotatable bonds is 6. The van der Waals surface area contributed by atoms with Gasteiger partial charge in [0.2, 0.25) is 5.91 Å². The van der Waals surface area contributed by atoms with Crippen LogP contribution in [-0.4, -0.2) is 67.7 Å². The fraction of sp³-hybridized carbons (Fsp3) is 0.591. The van der Waals surface area contributed by atoms with Crippen molar-refractivity contribution >= 4 is 5.91 Å². The van der Waals surface area contributed by atoms with Gasteiger partial charge < -0.3 is 10.1 Å². The number of morpholine rings is 1. The minimum Gasteiger partial charge on any atom is -0.379 e. The largest absolute Gasteiger partial charge is 0.416 e. The molecular formula is C22H28F3N3O2. The zero-order chi connectivity index (χ0) is 21.6. The number of piperidine rings is 1. The summed E-state index contributed by atoms with van der Waals surface area (Å²) < 4.78 is 44.2. The smallest absolute Gasteiger partial charge is 0.379 e. The molecule has 1 aromatic rings. The molecule has 0 aromatic heterocycles. The lowest BCUT2D eigenvalue weighted by Crippen LogP contribution is -2.51. The summed E-state index contributed by atoms with van der Waals surface area (Å²) in [7, 11) is 0. The normalized spacial score (nSPS) is 22.3. The van der Waals surface area contributed by atoms with Gasteiger partial charge in [-0.15, -0.1) is 6.42 Å². The molecule has 5 nitrogen and oxygen atoms in total. The average Bonchev–Trinajstić information content (AvgIpc) is 2.75. The first-order valence-corrected chi connectivity index (χ1v) is 10.3. The molecule has 164 valence electrons. The van der Waals surface area contributed by atoms with E-state index in [1.165, 1.54) is 12.1 Å². The molecule has 2 fully saturated rings. The predicted molar refractivity (Wildman–Crippen MR) is 108 cm³/mol. The summed E-state index contributed by atoms with van der Waals surface area (Å²) in [5, 5.41) is 3.03. The molecule has 0 radical (unpaired) electrons. The Balaban J connectivity index is 1.71. The zero-order valence-electron chi connectivity index (χ0n) is 17.0. The molecule has 8 heteroatoms. The second kappa shape index (κ2) is 10.3. The number of ether oxygens (including phenoxy) is 1. The van der Waals surface area contributed by atoms with Crippen molar-refractivity contribution in [2.75, 3.05) is 45.9 Å². The van der Waals surface area contributed by atoms with Gasteiger partial charge in [0.05, 0.1) is 37.4 Å². The summed E-state index contributed by atoms with van der Waals surface area (Å²) in [6, 6.07) is 4.72. The van der Waals surface area contributed by atoms with E-state index >= 15 is 0 Å². The van der Waals surface area contributed by atoms with Crippen molar-refractivity contribution in [2.24, 2.45) is 0 Å². The highest BCUT2D eigenvalue weighted by atomic mass is 19.4. The highest BCUT2D eigenvalue weighted by Gasteiger charge is 2.32. The molecule has 2 heterocycles. The van der Waals surface area contributed by atoms with E-state index in [1.54, 1.807) is 0 Å². The molecule has 0 saturated carbocycles. The number of carbonyl (C=O) groups excluding carboxylic acids is 1. The summed E-state index contributed by atoms with van der Waals surface area (Å²) in [4.78, 5) is 17.0. The topological polar surface area (TPSA) is 44.8 Å². The molecule has 2 unspecified atom stereocenters. The van der Waals surface area contributed by atoms with E-state index in [-0.39, 0.29) is 18.0 Å². The summed E-state index contributed by atoms with van der Waals surface area (Å²) in [6.07, 6.45) is 3.82. The summed E-state index contributed by atoms with van der Waals surface area (Å²) >= 11 is 0. The zero-order valence-corrected chi connectivity index (χ0v) is 17.0. The second-order valence-corrected chi connectivity index (χ2v) is 7.72. The third-order valence-corrected chi connectivity index (χ3v) is 5.79. The standard InChI is InChI=1S/C22H28F3N3O2/c1-2-10-27-11-4-3-5-19(27)21(29)26-16-20(28-12-14-30-15-13-28)17-6-8-18(9-7-17)22(23,24)25/h1,6-9,19-20H,3-5,10-16H2,(H,26,29). The number of nitrogens with zero attached hydrogens (tertiary/aromatic N) is 2. The lowest BCUT2D eigenvalue weighted by atomic mass is 10.00. The molecule has 3 rings (SSSR count). The van der Waals surface area contributed by atoms with Crippen LogP contribution >= 0.6 is 0 Å². The lowest BCUT2D eigenvalue weighted by Gasteiger charge is -2.36. The fourth-order valence-corrected chi connectivity index (χ4v) is 4.15. The first kappa shape index (κ1) is 22.6. The lowest BCUT2D eigenvalue weighted by molar-refractivity contribution is -0.137. The number of hydrogen-bond donors (Lipinski definition) is 1. The quantitative estimate of drug-likeness (QED) is 0.715. The monoisotopic (exact) mass is 423 g/mol. The van der Waals surface area contributed by atoms with Crippen molar-refractivity contribution in [1.29, 1.82) is 0 Å². The van der Waals surface area contributed by atoms with Gasteiger partial charge in [-0.05, 0) is 37.1 Å². The predicted octanol–water partition coefficient (Wildman–Crippen LogP) is 2.68. The van der Waals surface area contributed by atoms with Gasteiger partial charge in [-0.1, -0.05) is 24.5 Å². The van der Waals surface area contributed by atoms with Crippen LogP contribution in [0.5, 0.6) is 0 Å². The molecule has 2 aliphatic rings. The van der Waals surface area contributed by atoms with Gasteiger partial charge in [-0.3, -0.25) is 14.6 Å². The molecule has 2 saturated heterocycles. The Labute approximate surface area is 175 Å². The van der Waals surface area contributed by atoms with E-state index in [9.17, 15) is 18.0 Å². The maximum Gasteiger partial charge on any atom is 0.416 e. The highest BCUT2D eigenvalue weighted by Crippen LogP contribution is 2.31. The number of nitrogens with one attached hydrogen (secondary N) is 1. The SMILES string of the molecule is C#CCN1CCCCC1C(=O)NCC(c1ccc(C(F)(F)F)cc1)N1CCOCC1. The number of likely N-dealkylation sites (tertiary alicyclic amines) is 1.